The predicted molar refractivity (Wildman–Crippen MR) is 112 cm³/mol. The van der Waals surface area contributed by atoms with Crippen LogP contribution in [0.5, 0.6) is 5.75 Å². The Morgan fingerprint density at radius 3 is 2.24 bits per heavy atom. The number of imidazole rings is 1. The molecule has 3 aromatic carbocycles. The molecule has 1 heterocycles. The normalized spacial score (nSPS) is 10.7. The van der Waals surface area contributed by atoms with Gasteiger partial charge < -0.3 is 14.8 Å². The number of hydrogen-bond donors (Lipinski definition) is 2. The number of ether oxygens (including phenoxy) is 1. The van der Waals surface area contributed by atoms with Crippen LogP contribution in [0.2, 0.25) is 5.02 Å². The van der Waals surface area contributed by atoms with Crippen molar-refractivity contribution in [3.05, 3.63) is 95.1 Å². The maximum absolute atomic E-state index is 11.7. The van der Waals surface area contributed by atoms with E-state index in [4.69, 9.17) is 16.3 Å². The summed E-state index contributed by atoms with van der Waals surface area (Å²) in [5.41, 5.74) is 2.93. The van der Waals surface area contributed by atoms with Gasteiger partial charge in [-0.15, -0.1) is 0 Å². The van der Waals surface area contributed by atoms with Crippen molar-refractivity contribution >= 4 is 17.6 Å². The minimum atomic E-state index is -1.07. The van der Waals surface area contributed by atoms with Crippen LogP contribution in [-0.2, 0) is 6.61 Å². The van der Waals surface area contributed by atoms with Crippen LogP contribution < -0.4 is 4.74 Å². The molecule has 0 bridgehead atoms. The van der Waals surface area contributed by atoms with E-state index < -0.39 is 5.97 Å². The standard InChI is InChI=1S/C23H17ClN2O3/c24-18-10-6-16(7-11-18)20-21(23(27)28)26-22(25-20)17-8-12-19(13-9-17)29-14-15-4-2-1-3-5-15/h1-13H,14H2,(H,25,26)(H,27,28). The second-order valence-corrected chi connectivity index (χ2v) is 6.86. The van der Waals surface area contributed by atoms with E-state index in [9.17, 15) is 9.90 Å². The quantitative estimate of drug-likeness (QED) is 0.434. The van der Waals surface area contributed by atoms with Gasteiger partial charge >= 0.3 is 5.97 Å². The fourth-order valence-electron chi connectivity index (χ4n) is 2.93. The van der Waals surface area contributed by atoms with Crippen molar-refractivity contribution in [2.45, 2.75) is 6.61 Å². The second kappa shape index (κ2) is 8.20. The fraction of sp³-hybridized carbons (Fsp3) is 0.0435. The molecule has 0 aliphatic carbocycles. The van der Waals surface area contributed by atoms with E-state index in [0.29, 0.717) is 28.7 Å². The Hall–Kier alpha value is -3.57. The van der Waals surface area contributed by atoms with Crippen molar-refractivity contribution < 1.29 is 14.6 Å². The molecular formula is C23H17ClN2O3. The third-order valence-corrected chi connectivity index (χ3v) is 4.66. The van der Waals surface area contributed by atoms with Gasteiger partial charge in [0.2, 0.25) is 0 Å². The number of aromatic carboxylic acids is 1. The van der Waals surface area contributed by atoms with E-state index in [1.54, 1.807) is 24.3 Å². The molecule has 0 fully saturated rings. The van der Waals surface area contributed by atoms with Gasteiger partial charge in [0.05, 0.1) is 0 Å². The maximum atomic E-state index is 11.7. The van der Waals surface area contributed by atoms with Crippen LogP contribution in [0.4, 0.5) is 0 Å². The summed E-state index contributed by atoms with van der Waals surface area (Å²) >= 11 is 5.93. The number of aromatic amines is 1. The van der Waals surface area contributed by atoms with E-state index in [2.05, 4.69) is 9.97 Å². The molecule has 4 aromatic rings. The molecular weight excluding hydrogens is 388 g/mol. The minimum Gasteiger partial charge on any atom is -0.489 e. The number of rotatable bonds is 6. The van der Waals surface area contributed by atoms with Crippen LogP contribution in [0.3, 0.4) is 0 Å². The molecule has 5 nitrogen and oxygen atoms in total. The Bertz CT molecular complexity index is 1120. The molecule has 6 heteroatoms. The van der Waals surface area contributed by atoms with Crippen molar-refractivity contribution in [2.75, 3.05) is 0 Å². The summed E-state index contributed by atoms with van der Waals surface area (Å²) < 4.78 is 5.79. The van der Waals surface area contributed by atoms with Crippen molar-refractivity contribution in [3.63, 3.8) is 0 Å². The van der Waals surface area contributed by atoms with E-state index in [-0.39, 0.29) is 5.69 Å². The van der Waals surface area contributed by atoms with E-state index in [1.807, 2.05) is 54.6 Å². The number of halogens is 1. The lowest BCUT2D eigenvalue weighted by Crippen LogP contribution is -1.99. The molecule has 0 saturated carbocycles. The van der Waals surface area contributed by atoms with Crippen molar-refractivity contribution in [2.24, 2.45) is 0 Å². The zero-order valence-corrected chi connectivity index (χ0v) is 16.1. The van der Waals surface area contributed by atoms with E-state index in [0.717, 1.165) is 16.9 Å². The number of carboxylic acid groups (broad SMARTS) is 1. The average molecular weight is 405 g/mol. The maximum Gasteiger partial charge on any atom is 0.354 e. The number of H-pyrrole nitrogens is 1. The largest absolute Gasteiger partial charge is 0.489 e. The molecule has 0 amide bonds. The predicted octanol–water partition coefficient (Wildman–Crippen LogP) is 5.67. The molecule has 0 spiro atoms. The molecule has 144 valence electrons. The van der Waals surface area contributed by atoms with Gasteiger partial charge in [-0.1, -0.05) is 54.1 Å². The van der Waals surface area contributed by atoms with Crippen LogP contribution in [0.25, 0.3) is 22.6 Å². The highest BCUT2D eigenvalue weighted by atomic mass is 35.5. The lowest BCUT2D eigenvalue weighted by Gasteiger charge is -2.06. The van der Waals surface area contributed by atoms with Gasteiger partial charge in [-0.25, -0.2) is 9.78 Å². The molecule has 4 rings (SSSR count). The Morgan fingerprint density at radius 1 is 0.931 bits per heavy atom. The van der Waals surface area contributed by atoms with Gasteiger partial charge in [0, 0.05) is 16.1 Å². The fourth-order valence-corrected chi connectivity index (χ4v) is 3.06. The molecule has 0 unspecified atom stereocenters. The molecule has 29 heavy (non-hydrogen) atoms. The summed E-state index contributed by atoms with van der Waals surface area (Å²) in [6, 6.07) is 24.2. The summed E-state index contributed by atoms with van der Waals surface area (Å²) in [5.74, 6) is 0.124. The van der Waals surface area contributed by atoms with Crippen molar-refractivity contribution in [1.29, 1.82) is 0 Å². The summed E-state index contributed by atoms with van der Waals surface area (Å²) in [5, 5.41) is 10.1. The van der Waals surface area contributed by atoms with Crippen molar-refractivity contribution in [3.8, 4) is 28.4 Å². The first kappa shape index (κ1) is 18.8. The number of nitrogens with zero attached hydrogens (tertiary/aromatic N) is 1. The first-order chi connectivity index (χ1) is 14.1. The Kier molecular flexibility index (Phi) is 5.31. The third kappa shape index (κ3) is 4.31. The highest BCUT2D eigenvalue weighted by Gasteiger charge is 2.18. The summed E-state index contributed by atoms with van der Waals surface area (Å²) in [7, 11) is 0. The van der Waals surface area contributed by atoms with E-state index in [1.165, 1.54) is 0 Å². The SMILES string of the molecule is O=C(O)c1[nH]c(-c2ccc(OCc3ccccc3)cc2)nc1-c1ccc(Cl)cc1. The van der Waals surface area contributed by atoms with Crippen LogP contribution in [-0.4, -0.2) is 21.0 Å². The lowest BCUT2D eigenvalue weighted by atomic mass is 10.1. The summed E-state index contributed by atoms with van der Waals surface area (Å²) in [4.78, 5) is 19.1. The number of benzene rings is 3. The topological polar surface area (TPSA) is 75.2 Å². The smallest absolute Gasteiger partial charge is 0.354 e. The van der Waals surface area contributed by atoms with Gasteiger partial charge in [0.15, 0.2) is 5.69 Å². The molecule has 2 N–H and O–H groups in total. The highest BCUT2D eigenvalue weighted by Crippen LogP contribution is 2.28. The second-order valence-electron chi connectivity index (χ2n) is 6.42. The van der Waals surface area contributed by atoms with E-state index >= 15 is 0 Å². The van der Waals surface area contributed by atoms with Gasteiger partial charge in [-0.3, -0.25) is 0 Å². The average Bonchev–Trinajstić information content (AvgIpc) is 3.20. The monoisotopic (exact) mass is 404 g/mol. The zero-order valence-electron chi connectivity index (χ0n) is 15.3. The lowest BCUT2D eigenvalue weighted by molar-refractivity contribution is 0.0692. The van der Waals surface area contributed by atoms with Crippen LogP contribution in [0, 0.1) is 0 Å². The summed E-state index contributed by atoms with van der Waals surface area (Å²) in [6.45, 7) is 0.477. The molecule has 1 aromatic heterocycles. The number of aromatic nitrogens is 2. The molecule has 0 radical (unpaired) electrons. The number of hydrogen-bond acceptors (Lipinski definition) is 3. The highest BCUT2D eigenvalue weighted by molar-refractivity contribution is 6.30. The van der Waals surface area contributed by atoms with Crippen molar-refractivity contribution in [1.82, 2.24) is 9.97 Å². The molecule has 0 aliphatic rings. The number of carbonyl (C=O) groups is 1. The van der Waals surface area contributed by atoms with Crippen LogP contribution in [0.15, 0.2) is 78.9 Å². The first-order valence-electron chi connectivity index (χ1n) is 8.96. The van der Waals surface area contributed by atoms with Crippen LogP contribution >= 0.6 is 11.6 Å². The molecule has 0 aliphatic heterocycles. The Labute approximate surface area is 172 Å². The first-order valence-corrected chi connectivity index (χ1v) is 9.34. The number of nitrogens with one attached hydrogen (secondary N) is 1. The van der Waals surface area contributed by atoms with Gasteiger partial charge in [-0.2, -0.15) is 0 Å². The van der Waals surface area contributed by atoms with Crippen LogP contribution in [0.1, 0.15) is 16.1 Å². The van der Waals surface area contributed by atoms with Gasteiger partial charge in [0.25, 0.3) is 0 Å². The third-order valence-electron chi connectivity index (χ3n) is 4.41. The Morgan fingerprint density at radius 2 is 1.59 bits per heavy atom. The molecule has 0 atom stereocenters. The molecule has 0 saturated heterocycles. The zero-order chi connectivity index (χ0) is 20.2. The minimum absolute atomic E-state index is 0.0340. The van der Waals surface area contributed by atoms with Gasteiger partial charge in [-0.05, 0) is 42.0 Å². The van der Waals surface area contributed by atoms with Gasteiger partial charge in [0.1, 0.15) is 23.9 Å². The Balaban J connectivity index is 1.57. The number of carboxylic acids is 1. The summed E-state index contributed by atoms with van der Waals surface area (Å²) in [6.07, 6.45) is 0.